The van der Waals surface area contributed by atoms with Gasteiger partial charge in [0.1, 0.15) is 18.1 Å². The molecule has 0 atom stereocenters. The van der Waals surface area contributed by atoms with Gasteiger partial charge in [-0.2, -0.15) is 8.75 Å². The summed E-state index contributed by atoms with van der Waals surface area (Å²) in [7, 11) is 2.08. The Morgan fingerprint density at radius 1 is 1.17 bits per heavy atom. The summed E-state index contributed by atoms with van der Waals surface area (Å²) >= 11 is 1.19. The van der Waals surface area contributed by atoms with Crippen LogP contribution < -0.4 is 4.74 Å². The Kier molecular flexibility index (Phi) is 4.88. The first-order valence-corrected chi connectivity index (χ1v) is 8.35. The molecule has 0 spiro atoms. The van der Waals surface area contributed by atoms with Crippen LogP contribution in [-0.2, 0) is 6.61 Å². The van der Waals surface area contributed by atoms with Gasteiger partial charge in [0.15, 0.2) is 0 Å². The quantitative estimate of drug-likeness (QED) is 0.855. The maximum absolute atomic E-state index is 12.5. The van der Waals surface area contributed by atoms with Crippen molar-refractivity contribution in [3.8, 4) is 5.75 Å². The molecular formula is C16H20N4O2S. The fourth-order valence-electron chi connectivity index (χ4n) is 2.42. The Hall–Kier alpha value is -1.99. The molecule has 1 saturated heterocycles. The van der Waals surface area contributed by atoms with Crippen LogP contribution >= 0.6 is 11.7 Å². The average molecular weight is 332 g/mol. The Morgan fingerprint density at radius 3 is 2.48 bits per heavy atom. The molecule has 7 heteroatoms. The first kappa shape index (κ1) is 15.9. The topological polar surface area (TPSA) is 58.6 Å². The maximum atomic E-state index is 12.5. The van der Waals surface area contributed by atoms with Gasteiger partial charge in [-0.25, -0.2) is 0 Å². The summed E-state index contributed by atoms with van der Waals surface area (Å²) in [6, 6.07) is 7.31. The van der Waals surface area contributed by atoms with Crippen molar-refractivity contribution in [2.75, 3.05) is 33.2 Å². The number of likely N-dealkylation sites (N-methyl/N-ethyl adjacent to an activating group) is 1. The second-order valence-electron chi connectivity index (χ2n) is 5.70. The summed E-state index contributed by atoms with van der Waals surface area (Å²) in [6.07, 6.45) is 0. The van der Waals surface area contributed by atoms with E-state index in [9.17, 15) is 4.79 Å². The fourth-order valence-corrected chi connectivity index (χ4v) is 2.97. The van der Waals surface area contributed by atoms with Gasteiger partial charge in [-0.3, -0.25) is 4.79 Å². The molecule has 1 aliphatic rings. The summed E-state index contributed by atoms with van der Waals surface area (Å²) in [5.74, 6) is 0.816. The molecule has 1 amide bonds. The lowest BCUT2D eigenvalue weighted by atomic mass is 10.1. The van der Waals surface area contributed by atoms with Crippen LogP contribution in [0.15, 0.2) is 24.3 Å². The number of rotatable bonds is 4. The Balaban J connectivity index is 1.58. The lowest BCUT2D eigenvalue weighted by Crippen LogP contribution is -2.47. The molecule has 2 aromatic rings. The van der Waals surface area contributed by atoms with Gasteiger partial charge in [0, 0.05) is 31.7 Å². The van der Waals surface area contributed by atoms with Gasteiger partial charge < -0.3 is 14.5 Å². The minimum absolute atomic E-state index is 0.0872. The van der Waals surface area contributed by atoms with Crippen molar-refractivity contribution in [2.24, 2.45) is 0 Å². The smallest absolute Gasteiger partial charge is 0.253 e. The highest BCUT2D eigenvalue weighted by molar-refractivity contribution is 6.99. The predicted octanol–water partition coefficient (Wildman–Crippen LogP) is 1.81. The molecule has 1 fully saturated rings. The molecule has 0 unspecified atom stereocenters. The first-order chi connectivity index (χ1) is 11.1. The molecule has 0 bridgehead atoms. The van der Waals surface area contributed by atoms with E-state index in [1.54, 1.807) is 0 Å². The molecule has 1 aromatic carbocycles. The van der Waals surface area contributed by atoms with Crippen molar-refractivity contribution in [3.63, 3.8) is 0 Å². The molecule has 0 aliphatic carbocycles. The second-order valence-corrected chi connectivity index (χ2v) is 6.23. The van der Waals surface area contributed by atoms with E-state index in [1.807, 2.05) is 36.1 Å². The van der Waals surface area contributed by atoms with E-state index in [4.69, 9.17) is 4.74 Å². The highest BCUT2D eigenvalue weighted by atomic mass is 32.1. The number of hydrogen-bond donors (Lipinski definition) is 0. The predicted molar refractivity (Wildman–Crippen MR) is 88.8 cm³/mol. The Bertz CT molecular complexity index is 663. The standard InChI is InChI=1S/C16H20N4O2S/c1-12-15(18-23-17-12)11-22-14-5-3-13(4-6-14)16(21)20-9-7-19(2)8-10-20/h3-6H,7-11H2,1-2H3. The molecular weight excluding hydrogens is 312 g/mol. The Morgan fingerprint density at radius 2 is 1.87 bits per heavy atom. The summed E-state index contributed by atoms with van der Waals surface area (Å²) in [5, 5.41) is 0. The number of aryl methyl sites for hydroxylation is 1. The van der Waals surface area contributed by atoms with Crippen LogP contribution in [-0.4, -0.2) is 57.7 Å². The monoisotopic (exact) mass is 332 g/mol. The molecule has 3 rings (SSSR count). The SMILES string of the molecule is Cc1nsnc1COc1ccc(C(=O)N2CCN(C)CC2)cc1. The third-order valence-corrected chi connectivity index (χ3v) is 4.67. The number of aromatic nitrogens is 2. The maximum Gasteiger partial charge on any atom is 0.253 e. The molecule has 2 heterocycles. The van der Waals surface area contributed by atoms with Crippen molar-refractivity contribution in [1.82, 2.24) is 18.5 Å². The molecule has 23 heavy (non-hydrogen) atoms. The van der Waals surface area contributed by atoms with Crippen molar-refractivity contribution < 1.29 is 9.53 Å². The van der Waals surface area contributed by atoms with Crippen LogP contribution in [0, 0.1) is 6.92 Å². The highest BCUT2D eigenvalue weighted by Gasteiger charge is 2.20. The lowest BCUT2D eigenvalue weighted by Gasteiger charge is -2.32. The number of carbonyl (C=O) groups excluding carboxylic acids is 1. The number of hydrogen-bond acceptors (Lipinski definition) is 6. The van der Waals surface area contributed by atoms with E-state index < -0.39 is 0 Å². The van der Waals surface area contributed by atoms with E-state index in [0.29, 0.717) is 12.2 Å². The zero-order valence-corrected chi connectivity index (χ0v) is 14.2. The largest absolute Gasteiger partial charge is 0.487 e. The minimum Gasteiger partial charge on any atom is -0.487 e. The first-order valence-electron chi connectivity index (χ1n) is 7.62. The van der Waals surface area contributed by atoms with Crippen LogP contribution in [0.3, 0.4) is 0 Å². The molecule has 0 N–H and O–H groups in total. The molecule has 1 aromatic heterocycles. The van der Waals surface area contributed by atoms with Crippen molar-refractivity contribution in [3.05, 3.63) is 41.2 Å². The van der Waals surface area contributed by atoms with Crippen LogP contribution in [0.1, 0.15) is 21.7 Å². The zero-order valence-electron chi connectivity index (χ0n) is 13.4. The van der Waals surface area contributed by atoms with E-state index in [-0.39, 0.29) is 5.91 Å². The van der Waals surface area contributed by atoms with Gasteiger partial charge in [-0.1, -0.05) is 0 Å². The van der Waals surface area contributed by atoms with E-state index in [1.165, 1.54) is 11.7 Å². The van der Waals surface area contributed by atoms with Gasteiger partial charge in [0.05, 0.1) is 17.4 Å². The minimum atomic E-state index is 0.0872. The van der Waals surface area contributed by atoms with Crippen molar-refractivity contribution in [1.29, 1.82) is 0 Å². The van der Waals surface area contributed by atoms with Crippen molar-refractivity contribution in [2.45, 2.75) is 13.5 Å². The third kappa shape index (κ3) is 3.86. The number of piperazine rings is 1. The normalized spacial score (nSPS) is 15.7. The number of carbonyl (C=O) groups is 1. The van der Waals surface area contributed by atoms with Gasteiger partial charge in [-0.15, -0.1) is 0 Å². The number of benzene rings is 1. The van der Waals surface area contributed by atoms with E-state index >= 15 is 0 Å². The third-order valence-electron chi connectivity index (χ3n) is 4.01. The zero-order chi connectivity index (χ0) is 16.2. The van der Waals surface area contributed by atoms with Gasteiger partial charge in [0.25, 0.3) is 5.91 Å². The number of nitrogens with zero attached hydrogens (tertiary/aromatic N) is 4. The number of ether oxygens (including phenoxy) is 1. The van der Waals surface area contributed by atoms with Crippen molar-refractivity contribution >= 4 is 17.6 Å². The van der Waals surface area contributed by atoms with E-state index in [2.05, 4.69) is 20.7 Å². The summed E-state index contributed by atoms with van der Waals surface area (Å²) < 4.78 is 14.0. The van der Waals surface area contributed by atoms with Crippen LogP contribution in [0.2, 0.25) is 0 Å². The molecule has 6 nitrogen and oxygen atoms in total. The lowest BCUT2D eigenvalue weighted by molar-refractivity contribution is 0.0664. The summed E-state index contributed by atoms with van der Waals surface area (Å²) in [6.45, 7) is 5.73. The fraction of sp³-hybridized carbons (Fsp3) is 0.438. The summed E-state index contributed by atoms with van der Waals surface area (Å²) in [5.41, 5.74) is 2.46. The van der Waals surface area contributed by atoms with Gasteiger partial charge in [-0.05, 0) is 38.2 Å². The van der Waals surface area contributed by atoms with E-state index in [0.717, 1.165) is 43.3 Å². The molecule has 0 saturated carbocycles. The van der Waals surface area contributed by atoms with Gasteiger partial charge in [0.2, 0.25) is 0 Å². The second kappa shape index (κ2) is 7.06. The summed E-state index contributed by atoms with van der Waals surface area (Å²) in [4.78, 5) is 16.6. The van der Waals surface area contributed by atoms with Crippen LogP contribution in [0.25, 0.3) is 0 Å². The molecule has 1 aliphatic heterocycles. The van der Waals surface area contributed by atoms with Crippen LogP contribution in [0.4, 0.5) is 0 Å². The highest BCUT2D eigenvalue weighted by Crippen LogP contribution is 2.16. The van der Waals surface area contributed by atoms with Crippen LogP contribution in [0.5, 0.6) is 5.75 Å². The van der Waals surface area contributed by atoms with Gasteiger partial charge >= 0.3 is 0 Å². The Labute approximate surface area is 140 Å². The average Bonchev–Trinajstić information content (AvgIpc) is 2.99. The number of amides is 1. The molecule has 122 valence electrons. The molecule has 0 radical (unpaired) electrons.